The van der Waals surface area contributed by atoms with E-state index >= 15 is 0 Å². The fourth-order valence-corrected chi connectivity index (χ4v) is 1.09. The van der Waals surface area contributed by atoms with E-state index in [1.165, 1.54) is 12.1 Å². The highest BCUT2D eigenvalue weighted by atomic mass is 35.5. The molecule has 0 radical (unpaired) electrons. The van der Waals surface area contributed by atoms with Gasteiger partial charge in [0, 0.05) is 6.42 Å². The summed E-state index contributed by atoms with van der Waals surface area (Å²) in [6.45, 7) is 0.324. The molecule has 0 aliphatic carbocycles. The molecule has 0 aromatic heterocycles. The number of nitrogens with zero attached hydrogens (tertiary/aromatic N) is 1. The second kappa shape index (κ2) is 5.46. The summed E-state index contributed by atoms with van der Waals surface area (Å²) in [7, 11) is 0. The molecule has 0 amide bonds. The van der Waals surface area contributed by atoms with Gasteiger partial charge in [-0.15, -0.1) is 0 Å². The van der Waals surface area contributed by atoms with Crippen LogP contribution in [0.2, 0.25) is 5.02 Å². The van der Waals surface area contributed by atoms with Crippen molar-refractivity contribution in [1.82, 2.24) is 0 Å². The molecule has 14 heavy (non-hydrogen) atoms. The van der Waals surface area contributed by atoms with Crippen molar-refractivity contribution in [2.75, 3.05) is 6.61 Å². The standard InChI is InChI=1S/C10H9ClFNO/c11-8-4-3-5-9(10(8)12)14-7-2-1-6-13/h3-5H,1-2,7H2. The molecular formula is C10H9ClFNO. The first-order valence-corrected chi connectivity index (χ1v) is 4.57. The zero-order valence-electron chi connectivity index (χ0n) is 7.46. The number of rotatable bonds is 4. The molecule has 0 aliphatic heterocycles. The van der Waals surface area contributed by atoms with Gasteiger partial charge in [0.15, 0.2) is 11.6 Å². The molecule has 74 valence electrons. The van der Waals surface area contributed by atoms with Gasteiger partial charge in [-0.2, -0.15) is 5.26 Å². The van der Waals surface area contributed by atoms with E-state index in [0.717, 1.165) is 0 Å². The molecule has 0 spiro atoms. The topological polar surface area (TPSA) is 33.0 Å². The van der Waals surface area contributed by atoms with E-state index in [1.54, 1.807) is 6.07 Å². The van der Waals surface area contributed by atoms with Gasteiger partial charge < -0.3 is 4.74 Å². The van der Waals surface area contributed by atoms with Gasteiger partial charge in [0.2, 0.25) is 0 Å². The molecule has 1 aromatic rings. The first kappa shape index (κ1) is 10.8. The van der Waals surface area contributed by atoms with Crippen LogP contribution in [0.4, 0.5) is 4.39 Å². The Balaban J connectivity index is 2.51. The molecule has 0 atom stereocenters. The first-order chi connectivity index (χ1) is 6.75. The van der Waals surface area contributed by atoms with Crippen LogP contribution in [-0.4, -0.2) is 6.61 Å². The lowest BCUT2D eigenvalue weighted by Gasteiger charge is -2.06. The van der Waals surface area contributed by atoms with Crippen molar-refractivity contribution in [2.45, 2.75) is 12.8 Å². The molecule has 0 unspecified atom stereocenters. The lowest BCUT2D eigenvalue weighted by atomic mass is 10.3. The van der Waals surface area contributed by atoms with Gasteiger partial charge in [-0.05, 0) is 18.6 Å². The van der Waals surface area contributed by atoms with Gasteiger partial charge in [0.1, 0.15) is 0 Å². The molecule has 0 aliphatic rings. The van der Waals surface area contributed by atoms with Crippen molar-refractivity contribution in [3.8, 4) is 11.8 Å². The van der Waals surface area contributed by atoms with Gasteiger partial charge in [-0.1, -0.05) is 17.7 Å². The van der Waals surface area contributed by atoms with E-state index in [4.69, 9.17) is 21.6 Å². The van der Waals surface area contributed by atoms with Gasteiger partial charge in [-0.3, -0.25) is 0 Å². The quantitative estimate of drug-likeness (QED) is 0.720. The first-order valence-electron chi connectivity index (χ1n) is 4.19. The Labute approximate surface area is 86.9 Å². The summed E-state index contributed by atoms with van der Waals surface area (Å²) in [5.74, 6) is -0.415. The molecule has 1 aromatic carbocycles. The zero-order valence-corrected chi connectivity index (χ0v) is 8.22. The molecular weight excluding hydrogens is 205 g/mol. The number of ether oxygens (including phenoxy) is 1. The minimum atomic E-state index is -0.550. The van der Waals surface area contributed by atoms with E-state index < -0.39 is 5.82 Å². The Kier molecular flexibility index (Phi) is 4.21. The Morgan fingerprint density at radius 2 is 2.29 bits per heavy atom. The second-order valence-electron chi connectivity index (χ2n) is 2.66. The highest BCUT2D eigenvalue weighted by Gasteiger charge is 2.06. The van der Waals surface area contributed by atoms with Crippen LogP contribution in [0.15, 0.2) is 18.2 Å². The number of hydrogen-bond donors (Lipinski definition) is 0. The van der Waals surface area contributed by atoms with Crippen LogP contribution in [0.5, 0.6) is 5.75 Å². The summed E-state index contributed by atoms with van der Waals surface area (Å²) in [6, 6.07) is 6.56. The summed E-state index contributed by atoms with van der Waals surface area (Å²) in [4.78, 5) is 0. The third kappa shape index (κ3) is 2.90. The Hall–Kier alpha value is -1.27. The van der Waals surface area contributed by atoms with Crippen LogP contribution in [0.1, 0.15) is 12.8 Å². The Bertz CT molecular complexity index is 348. The molecule has 0 heterocycles. The van der Waals surface area contributed by atoms with Gasteiger partial charge in [0.05, 0.1) is 17.7 Å². The van der Waals surface area contributed by atoms with Crippen LogP contribution >= 0.6 is 11.6 Å². The molecule has 2 nitrogen and oxygen atoms in total. The maximum absolute atomic E-state index is 13.2. The highest BCUT2D eigenvalue weighted by molar-refractivity contribution is 6.30. The molecule has 0 saturated heterocycles. The van der Waals surface area contributed by atoms with Crippen molar-refractivity contribution in [3.63, 3.8) is 0 Å². The number of halogens is 2. The molecule has 0 fully saturated rings. The maximum atomic E-state index is 13.2. The maximum Gasteiger partial charge on any atom is 0.183 e. The van der Waals surface area contributed by atoms with Crippen molar-refractivity contribution in [2.24, 2.45) is 0 Å². The summed E-state index contributed by atoms with van der Waals surface area (Å²) in [5, 5.41) is 8.31. The van der Waals surface area contributed by atoms with Crippen LogP contribution in [0.25, 0.3) is 0 Å². The average molecular weight is 214 g/mol. The third-order valence-electron chi connectivity index (χ3n) is 1.61. The average Bonchev–Trinajstić information content (AvgIpc) is 2.19. The zero-order chi connectivity index (χ0) is 10.4. The lowest BCUT2D eigenvalue weighted by molar-refractivity contribution is 0.297. The molecule has 0 bridgehead atoms. The predicted molar refractivity (Wildman–Crippen MR) is 51.8 cm³/mol. The van der Waals surface area contributed by atoms with Crippen molar-refractivity contribution in [1.29, 1.82) is 5.26 Å². The highest BCUT2D eigenvalue weighted by Crippen LogP contribution is 2.23. The largest absolute Gasteiger partial charge is 0.490 e. The lowest BCUT2D eigenvalue weighted by Crippen LogP contribution is -1.98. The number of hydrogen-bond acceptors (Lipinski definition) is 2. The van der Waals surface area contributed by atoms with Crippen LogP contribution in [0.3, 0.4) is 0 Å². The van der Waals surface area contributed by atoms with Crippen molar-refractivity contribution >= 4 is 11.6 Å². The van der Waals surface area contributed by atoms with Crippen molar-refractivity contribution in [3.05, 3.63) is 29.0 Å². The van der Waals surface area contributed by atoms with E-state index in [0.29, 0.717) is 19.4 Å². The minimum absolute atomic E-state index is 0.0442. The summed E-state index contributed by atoms with van der Waals surface area (Å²) in [6.07, 6.45) is 0.991. The van der Waals surface area contributed by atoms with Crippen LogP contribution in [-0.2, 0) is 0 Å². The Morgan fingerprint density at radius 1 is 1.50 bits per heavy atom. The summed E-state index contributed by atoms with van der Waals surface area (Å²) >= 11 is 5.55. The fraction of sp³-hybridized carbons (Fsp3) is 0.300. The van der Waals surface area contributed by atoms with E-state index in [1.807, 2.05) is 6.07 Å². The van der Waals surface area contributed by atoms with E-state index in [-0.39, 0.29) is 10.8 Å². The fourth-order valence-electron chi connectivity index (χ4n) is 0.929. The van der Waals surface area contributed by atoms with E-state index in [2.05, 4.69) is 0 Å². The van der Waals surface area contributed by atoms with Gasteiger partial charge in [0.25, 0.3) is 0 Å². The Morgan fingerprint density at radius 3 is 3.00 bits per heavy atom. The van der Waals surface area contributed by atoms with Gasteiger partial charge in [-0.25, -0.2) is 4.39 Å². The SMILES string of the molecule is N#CCCCOc1cccc(Cl)c1F. The number of benzene rings is 1. The molecule has 0 N–H and O–H groups in total. The van der Waals surface area contributed by atoms with Crippen LogP contribution < -0.4 is 4.74 Å². The minimum Gasteiger partial charge on any atom is -0.490 e. The smallest absolute Gasteiger partial charge is 0.183 e. The predicted octanol–water partition coefficient (Wildman–Crippen LogP) is 3.16. The summed E-state index contributed by atoms with van der Waals surface area (Å²) in [5.41, 5.74) is 0. The monoisotopic (exact) mass is 213 g/mol. The molecule has 1 rings (SSSR count). The number of nitriles is 1. The molecule has 4 heteroatoms. The van der Waals surface area contributed by atoms with Crippen LogP contribution in [0, 0.1) is 17.1 Å². The van der Waals surface area contributed by atoms with E-state index in [9.17, 15) is 4.39 Å². The number of unbranched alkanes of at least 4 members (excludes halogenated alkanes) is 1. The van der Waals surface area contributed by atoms with Gasteiger partial charge >= 0.3 is 0 Å². The second-order valence-corrected chi connectivity index (χ2v) is 3.07. The molecule has 0 saturated carbocycles. The third-order valence-corrected chi connectivity index (χ3v) is 1.90. The summed E-state index contributed by atoms with van der Waals surface area (Å²) < 4.78 is 18.3. The normalized spacial score (nSPS) is 9.50. The van der Waals surface area contributed by atoms with Crippen molar-refractivity contribution < 1.29 is 9.13 Å².